The molecule has 0 bridgehead atoms. The smallest absolute Gasteiger partial charge is 0.339 e. The first-order chi connectivity index (χ1) is 12.3. The maximum absolute atomic E-state index is 13.6. The van der Waals surface area contributed by atoms with Crippen molar-refractivity contribution in [2.75, 3.05) is 7.11 Å². The number of Topliss-reactive ketones (excluding diaryl/α,β-unsaturated/α-hetero) is 1. The molecule has 0 saturated heterocycles. The Bertz CT molecular complexity index is 856. The molecule has 0 fully saturated rings. The van der Waals surface area contributed by atoms with Crippen molar-refractivity contribution in [1.29, 1.82) is 0 Å². The van der Waals surface area contributed by atoms with Gasteiger partial charge >= 0.3 is 11.9 Å². The fraction of sp³-hybridized carbons (Fsp3) is 0.316. The van der Waals surface area contributed by atoms with Crippen molar-refractivity contribution in [3.63, 3.8) is 0 Å². The SMILES string of the molecule is COC(=O)c1c(C)[nH]c(C(=O)[C@H](C)OC(=O)Cc2ccccc2F)c1C. The maximum atomic E-state index is 13.6. The Labute approximate surface area is 150 Å². The highest BCUT2D eigenvalue weighted by Gasteiger charge is 2.27. The van der Waals surface area contributed by atoms with E-state index >= 15 is 0 Å². The molecule has 138 valence electrons. The number of methoxy groups -OCH3 is 1. The van der Waals surface area contributed by atoms with Crippen molar-refractivity contribution < 1.29 is 28.2 Å². The molecular formula is C19H20FNO5. The number of ketones is 1. The van der Waals surface area contributed by atoms with E-state index in [9.17, 15) is 18.8 Å². The Hall–Kier alpha value is -2.96. The summed E-state index contributed by atoms with van der Waals surface area (Å²) in [6, 6.07) is 5.85. The molecule has 26 heavy (non-hydrogen) atoms. The molecule has 2 aromatic rings. The summed E-state index contributed by atoms with van der Waals surface area (Å²) in [7, 11) is 1.25. The number of aromatic amines is 1. The first kappa shape index (κ1) is 19.4. The van der Waals surface area contributed by atoms with Crippen molar-refractivity contribution >= 4 is 17.7 Å². The van der Waals surface area contributed by atoms with Crippen LogP contribution < -0.4 is 0 Å². The van der Waals surface area contributed by atoms with E-state index in [-0.39, 0.29) is 23.2 Å². The second kappa shape index (κ2) is 7.95. The predicted octanol–water partition coefficient (Wildman–Crippen LogP) is 2.91. The van der Waals surface area contributed by atoms with Crippen LogP contribution in [0.5, 0.6) is 0 Å². The largest absolute Gasteiger partial charge is 0.465 e. The summed E-state index contributed by atoms with van der Waals surface area (Å²) < 4.78 is 23.4. The van der Waals surface area contributed by atoms with Crippen LogP contribution in [0.3, 0.4) is 0 Å². The molecule has 0 aliphatic carbocycles. The Morgan fingerprint density at radius 3 is 2.46 bits per heavy atom. The predicted molar refractivity (Wildman–Crippen MR) is 91.6 cm³/mol. The number of aryl methyl sites for hydroxylation is 1. The lowest BCUT2D eigenvalue weighted by atomic mass is 10.1. The molecule has 1 aromatic carbocycles. The van der Waals surface area contributed by atoms with Gasteiger partial charge in [0, 0.05) is 5.69 Å². The molecule has 0 saturated carbocycles. The summed E-state index contributed by atoms with van der Waals surface area (Å²) in [5, 5.41) is 0. The lowest BCUT2D eigenvalue weighted by Gasteiger charge is -2.12. The summed E-state index contributed by atoms with van der Waals surface area (Å²) in [6.07, 6.45) is -1.36. The number of nitrogens with one attached hydrogen (secondary N) is 1. The van der Waals surface area contributed by atoms with Crippen LogP contribution in [0.1, 0.15) is 44.6 Å². The number of hydrogen-bond donors (Lipinski definition) is 1. The molecule has 1 N–H and O–H groups in total. The number of hydrogen-bond acceptors (Lipinski definition) is 5. The van der Waals surface area contributed by atoms with E-state index in [1.165, 1.54) is 32.2 Å². The lowest BCUT2D eigenvalue weighted by molar-refractivity contribution is -0.145. The van der Waals surface area contributed by atoms with E-state index in [2.05, 4.69) is 4.98 Å². The van der Waals surface area contributed by atoms with E-state index in [1.54, 1.807) is 19.9 Å². The summed E-state index contributed by atoms with van der Waals surface area (Å²) in [4.78, 5) is 39.2. The van der Waals surface area contributed by atoms with Crippen LogP contribution in [0, 0.1) is 19.7 Å². The first-order valence-electron chi connectivity index (χ1n) is 8.00. The number of rotatable bonds is 6. The minimum atomic E-state index is -1.09. The topological polar surface area (TPSA) is 85.5 Å². The van der Waals surface area contributed by atoms with E-state index < -0.39 is 29.6 Å². The number of esters is 2. The van der Waals surface area contributed by atoms with Gasteiger partial charge in [-0.2, -0.15) is 0 Å². The van der Waals surface area contributed by atoms with Crippen LogP contribution in [-0.2, 0) is 20.7 Å². The Balaban J connectivity index is 2.11. The number of benzene rings is 1. The monoisotopic (exact) mass is 361 g/mol. The molecule has 0 unspecified atom stereocenters. The van der Waals surface area contributed by atoms with Crippen molar-refractivity contribution in [3.05, 3.63) is 58.2 Å². The van der Waals surface area contributed by atoms with E-state index in [0.29, 0.717) is 11.3 Å². The summed E-state index contributed by atoms with van der Waals surface area (Å²) >= 11 is 0. The van der Waals surface area contributed by atoms with E-state index in [4.69, 9.17) is 9.47 Å². The van der Waals surface area contributed by atoms with Crippen molar-refractivity contribution in [3.8, 4) is 0 Å². The summed E-state index contributed by atoms with van der Waals surface area (Å²) in [5.41, 5.74) is 1.56. The van der Waals surface area contributed by atoms with Gasteiger partial charge < -0.3 is 14.5 Å². The number of carbonyl (C=O) groups is 3. The zero-order chi connectivity index (χ0) is 19.4. The minimum absolute atomic E-state index is 0.175. The molecule has 2 rings (SSSR count). The van der Waals surface area contributed by atoms with Crippen LogP contribution >= 0.6 is 0 Å². The Kier molecular flexibility index (Phi) is 5.92. The lowest BCUT2D eigenvalue weighted by Crippen LogP contribution is -2.26. The highest BCUT2D eigenvalue weighted by atomic mass is 19.1. The molecule has 0 spiro atoms. The van der Waals surface area contributed by atoms with Gasteiger partial charge in [-0.15, -0.1) is 0 Å². The number of ether oxygens (including phenoxy) is 2. The Morgan fingerprint density at radius 1 is 1.19 bits per heavy atom. The third-order valence-corrected chi connectivity index (χ3v) is 4.04. The number of halogens is 1. The molecule has 0 aliphatic heterocycles. The van der Waals surface area contributed by atoms with Gasteiger partial charge in [0.15, 0.2) is 6.10 Å². The van der Waals surface area contributed by atoms with Gasteiger partial charge in [-0.25, -0.2) is 9.18 Å². The van der Waals surface area contributed by atoms with Crippen LogP contribution in [0.4, 0.5) is 4.39 Å². The van der Waals surface area contributed by atoms with Gasteiger partial charge in [-0.3, -0.25) is 9.59 Å². The highest BCUT2D eigenvalue weighted by molar-refractivity contribution is 6.04. The second-order valence-electron chi connectivity index (χ2n) is 5.88. The third kappa shape index (κ3) is 3.99. The molecule has 7 heteroatoms. The summed E-state index contributed by atoms with van der Waals surface area (Å²) in [6.45, 7) is 4.68. The average molecular weight is 361 g/mol. The fourth-order valence-corrected chi connectivity index (χ4v) is 2.70. The normalized spacial score (nSPS) is 11.7. The number of carbonyl (C=O) groups excluding carboxylic acids is 3. The minimum Gasteiger partial charge on any atom is -0.465 e. The zero-order valence-electron chi connectivity index (χ0n) is 15.0. The van der Waals surface area contributed by atoms with E-state index in [0.717, 1.165) is 0 Å². The molecule has 0 aliphatic rings. The fourth-order valence-electron chi connectivity index (χ4n) is 2.70. The van der Waals surface area contributed by atoms with Crippen LogP contribution in [-0.4, -0.2) is 35.9 Å². The molecular weight excluding hydrogens is 341 g/mol. The Morgan fingerprint density at radius 2 is 1.85 bits per heavy atom. The number of aromatic nitrogens is 1. The molecule has 6 nitrogen and oxygen atoms in total. The van der Waals surface area contributed by atoms with Gasteiger partial charge in [-0.05, 0) is 38.0 Å². The van der Waals surface area contributed by atoms with Gasteiger partial charge in [-0.1, -0.05) is 18.2 Å². The molecule has 0 amide bonds. The van der Waals surface area contributed by atoms with Gasteiger partial charge in [0.05, 0.1) is 24.8 Å². The molecule has 1 aromatic heterocycles. The van der Waals surface area contributed by atoms with Crippen LogP contribution in [0.25, 0.3) is 0 Å². The number of H-pyrrole nitrogens is 1. The standard InChI is InChI=1S/C19H20FNO5/c1-10-16(19(24)25-4)11(2)21-17(10)18(23)12(3)26-15(22)9-13-7-5-6-8-14(13)20/h5-8,12,21H,9H2,1-4H3/t12-/m0/s1. The van der Waals surface area contributed by atoms with Crippen molar-refractivity contribution in [1.82, 2.24) is 4.98 Å². The van der Waals surface area contributed by atoms with Crippen LogP contribution in [0.15, 0.2) is 24.3 Å². The third-order valence-electron chi connectivity index (χ3n) is 4.04. The second-order valence-corrected chi connectivity index (χ2v) is 5.88. The molecule has 1 heterocycles. The molecule has 0 radical (unpaired) electrons. The zero-order valence-corrected chi connectivity index (χ0v) is 15.0. The van der Waals surface area contributed by atoms with Crippen LogP contribution in [0.2, 0.25) is 0 Å². The maximum Gasteiger partial charge on any atom is 0.339 e. The van der Waals surface area contributed by atoms with E-state index in [1.807, 2.05) is 0 Å². The van der Waals surface area contributed by atoms with Gasteiger partial charge in [0.1, 0.15) is 5.82 Å². The quantitative estimate of drug-likeness (QED) is 0.632. The van der Waals surface area contributed by atoms with Crippen molar-refractivity contribution in [2.45, 2.75) is 33.3 Å². The van der Waals surface area contributed by atoms with Gasteiger partial charge in [0.2, 0.25) is 5.78 Å². The molecule has 1 atom stereocenters. The van der Waals surface area contributed by atoms with Crippen molar-refractivity contribution in [2.24, 2.45) is 0 Å². The highest BCUT2D eigenvalue weighted by Crippen LogP contribution is 2.21. The average Bonchev–Trinajstić information content (AvgIpc) is 2.90. The summed E-state index contributed by atoms with van der Waals surface area (Å²) in [5.74, 6) is -2.27. The first-order valence-corrected chi connectivity index (χ1v) is 8.00. The van der Waals surface area contributed by atoms with Gasteiger partial charge in [0.25, 0.3) is 0 Å².